The summed E-state index contributed by atoms with van der Waals surface area (Å²) in [6.07, 6.45) is 1.92. The highest BCUT2D eigenvalue weighted by atomic mass is 35.5. The van der Waals surface area contributed by atoms with E-state index in [4.69, 9.17) is 39.5 Å². The molecule has 0 unspecified atom stereocenters. The number of sulfonamides is 1. The van der Waals surface area contributed by atoms with Crippen LogP contribution in [0, 0.1) is 0 Å². The molecule has 232 valence electrons. The second kappa shape index (κ2) is 16.2. The topological polar surface area (TPSA) is 96.0 Å². The maximum Gasteiger partial charge on any atom is 0.264 e. The summed E-state index contributed by atoms with van der Waals surface area (Å²) in [4.78, 5) is 28.9. The molecule has 12 heteroatoms. The fourth-order valence-corrected chi connectivity index (χ4v) is 6.53. The van der Waals surface area contributed by atoms with Crippen molar-refractivity contribution < 1.29 is 22.7 Å². The fourth-order valence-electron chi connectivity index (χ4n) is 4.47. The number of unbranched alkanes of at least 4 members (excludes halogenated alkanes) is 1. The Kier molecular flexibility index (Phi) is 13.0. The van der Waals surface area contributed by atoms with Gasteiger partial charge in [-0.15, -0.1) is 0 Å². The molecule has 3 aromatic rings. The summed E-state index contributed by atoms with van der Waals surface area (Å²) in [5.41, 5.74) is 0.615. The van der Waals surface area contributed by atoms with Crippen LogP contribution in [0.25, 0.3) is 0 Å². The lowest BCUT2D eigenvalue weighted by Gasteiger charge is -2.34. The van der Waals surface area contributed by atoms with Crippen molar-refractivity contribution in [3.8, 4) is 5.75 Å². The average Bonchev–Trinajstić information content (AvgIpc) is 2.98. The van der Waals surface area contributed by atoms with Crippen molar-refractivity contribution in [3.63, 3.8) is 0 Å². The van der Waals surface area contributed by atoms with Crippen LogP contribution in [0.15, 0.2) is 71.6 Å². The van der Waals surface area contributed by atoms with E-state index in [0.717, 1.165) is 17.1 Å². The van der Waals surface area contributed by atoms with Gasteiger partial charge in [0.05, 0.1) is 17.2 Å². The van der Waals surface area contributed by atoms with Gasteiger partial charge in [-0.05, 0) is 68.3 Å². The summed E-state index contributed by atoms with van der Waals surface area (Å²) in [7, 11) is -4.31. The number of nitrogens with zero attached hydrogens (tertiary/aromatic N) is 2. The third-order valence-electron chi connectivity index (χ3n) is 6.72. The zero-order valence-corrected chi connectivity index (χ0v) is 27.4. The van der Waals surface area contributed by atoms with Gasteiger partial charge >= 0.3 is 0 Å². The number of hydrogen-bond acceptors (Lipinski definition) is 5. The van der Waals surface area contributed by atoms with Gasteiger partial charge in [-0.3, -0.25) is 13.9 Å². The molecule has 0 heterocycles. The maximum atomic E-state index is 14.3. The molecule has 0 saturated heterocycles. The van der Waals surface area contributed by atoms with Gasteiger partial charge in [0, 0.05) is 33.7 Å². The highest BCUT2D eigenvalue weighted by Gasteiger charge is 2.35. The normalized spacial score (nSPS) is 12.0. The van der Waals surface area contributed by atoms with Crippen molar-refractivity contribution in [2.75, 3.05) is 24.0 Å². The SMILES string of the molecule is CCCCNC(=O)[C@@H](CC)N(Cc1c(Cl)cccc1Cl)C(=O)CN(c1ccccc1OCC)S(=O)(=O)c1ccc(Cl)cc1. The zero-order chi connectivity index (χ0) is 31.6. The van der Waals surface area contributed by atoms with E-state index in [2.05, 4.69) is 5.32 Å². The van der Waals surface area contributed by atoms with E-state index in [9.17, 15) is 18.0 Å². The number of anilines is 1. The van der Waals surface area contributed by atoms with E-state index >= 15 is 0 Å². The van der Waals surface area contributed by atoms with Gasteiger partial charge in [0.2, 0.25) is 11.8 Å². The molecule has 2 amide bonds. The van der Waals surface area contributed by atoms with Gasteiger partial charge in [0.1, 0.15) is 18.3 Å². The second-order valence-corrected chi connectivity index (χ2v) is 12.8. The number of ether oxygens (including phenoxy) is 1. The quantitative estimate of drug-likeness (QED) is 0.177. The Morgan fingerprint density at radius 2 is 1.56 bits per heavy atom. The molecule has 3 rings (SSSR count). The van der Waals surface area contributed by atoms with E-state index in [1.807, 2.05) is 6.92 Å². The van der Waals surface area contributed by atoms with E-state index < -0.39 is 28.5 Å². The van der Waals surface area contributed by atoms with Crippen LogP contribution in [-0.2, 0) is 26.2 Å². The number of amides is 2. The first kappa shape index (κ1) is 34.5. The van der Waals surface area contributed by atoms with Crippen molar-refractivity contribution in [1.29, 1.82) is 0 Å². The predicted molar refractivity (Wildman–Crippen MR) is 173 cm³/mol. The molecule has 0 bridgehead atoms. The van der Waals surface area contributed by atoms with Crippen LogP contribution >= 0.6 is 34.8 Å². The number of carbonyl (C=O) groups excluding carboxylic acids is 2. The number of hydrogen-bond donors (Lipinski definition) is 1. The summed E-state index contributed by atoms with van der Waals surface area (Å²) in [6.45, 7) is 5.54. The van der Waals surface area contributed by atoms with Gasteiger partial charge in [-0.1, -0.05) is 73.3 Å². The van der Waals surface area contributed by atoms with Crippen LogP contribution in [0.1, 0.15) is 45.6 Å². The van der Waals surface area contributed by atoms with Gasteiger partial charge in [-0.2, -0.15) is 0 Å². The Morgan fingerprint density at radius 3 is 2.16 bits per heavy atom. The molecule has 0 spiro atoms. The minimum absolute atomic E-state index is 0.0685. The summed E-state index contributed by atoms with van der Waals surface area (Å²) < 4.78 is 35.0. The molecule has 43 heavy (non-hydrogen) atoms. The molecule has 1 atom stereocenters. The molecular weight excluding hydrogens is 633 g/mol. The molecule has 0 aliphatic heterocycles. The number of carbonyl (C=O) groups is 2. The Balaban J connectivity index is 2.12. The van der Waals surface area contributed by atoms with Crippen LogP contribution in [0.3, 0.4) is 0 Å². The van der Waals surface area contributed by atoms with E-state index in [1.165, 1.54) is 29.2 Å². The largest absolute Gasteiger partial charge is 0.492 e. The lowest BCUT2D eigenvalue weighted by molar-refractivity contribution is -0.140. The molecule has 0 radical (unpaired) electrons. The minimum atomic E-state index is -4.31. The van der Waals surface area contributed by atoms with Gasteiger partial charge in [0.25, 0.3) is 10.0 Å². The Bertz CT molecular complexity index is 1480. The zero-order valence-electron chi connectivity index (χ0n) is 24.4. The molecule has 0 fully saturated rings. The highest BCUT2D eigenvalue weighted by molar-refractivity contribution is 7.92. The fraction of sp³-hybridized carbons (Fsp3) is 0.355. The van der Waals surface area contributed by atoms with Gasteiger partial charge in [0.15, 0.2) is 0 Å². The summed E-state index contributed by atoms with van der Waals surface area (Å²) in [5.74, 6) is -0.702. The number of rotatable bonds is 15. The van der Waals surface area contributed by atoms with Crippen LogP contribution in [0.4, 0.5) is 5.69 Å². The molecule has 0 aromatic heterocycles. The van der Waals surface area contributed by atoms with Crippen LogP contribution in [0.5, 0.6) is 5.75 Å². The monoisotopic (exact) mass is 667 g/mol. The second-order valence-electron chi connectivity index (χ2n) is 9.66. The van der Waals surface area contributed by atoms with Crippen molar-refractivity contribution in [1.82, 2.24) is 10.2 Å². The third-order valence-corrected chi connectivity index (χ3v) is 9.45. The molecule has 0 aliphatic carbocycles. The molecule has 0 saturated carbocycles. The Morgan fingerprint density at radius 1 is 0.907 bits per heavy atom. The smallest absolute Gasteiger partial charge is 0.264 e. The summed E-state index contributed by atoms with van der Waals surface area (Å²) in [6, 6.07) is 16.3. The summed E-state index contributed by atoms with van der Waals surface area (Å²) >= 11 is 19.0. The number of para-hydroxylation sites is 2. The van der Waals surface area contributed by atoms with Crippen LogP contribution in [0.2, 0.25) is 15.1 Å². The Labute approximate surface area is 268 Å². The summed E-state index contributed by atoms with van der Waals surface area (Å²) in [5, 5.41) is 3.89. The van der Waals surface area contributed by atoms with Gasteiger partial charge in [-0.25, -0.2) is 8.42 Å². The van der Waals surface area contributed by atoms with E-state index in [-0.39, 0.29) is 41.8 Å². The van der Waals surface area contributed by atoms with E-state index in [1.54, 1.807) is 56.3 Å². The van der Waals surface area contributed by atoms with Gasteiger partial charge < -0.3 is 15.0 Å². The number of benzene rings is 3. The molecule has 0 aliphatic rings. The first-order valence-corrected chi connectivity index (χ1v) is 16.6. The standard InChI is InChI=1S/C31H36Cl3N3O5S/c1-4-7-19-35-31(39)27(5-2)36(20-24-25(33)11-10-12-26(24)34)30(38)21-37(28-13-8-9-14-29(28)42-6-3)43(40,41)23-17-15-22(32)16-18-23/h8-18,27H,4-7,19-21H2,1-3H3,(H,35,39)/t27-/m1/s1. The molecule has 8 nitrogen and oxygen atoms in total. The maximum absolute atomic E-state index is 14.3. The number of halogens is 3. The van der Waals surface area contributed by atoms with Crippen molar-refractivity contribution in [3.05, 3.63) is 87.4 Å². The minimum Gasteiger partial charge on any atom is -0.492 e. The van der Waals surface area contributed by atoms with Crippen LogP contribution in [-0.4, -0.2) is 50.9 Å². The third kappa shape index (κ3) is 8.79. The van der Waals surface area contributed by atoms with Crippen molar-refractivity contribution in [2.45, 2.75) is 57.5 Å². The Hall–Kier alpha value is -2.98. The number of nitrogens with one attached hydrogen (secondary N) is 1. The van der Waals surface area contributed by atoms with Crippen molar-refractivity contribution in [2.24, 2.45) is 0 Å². The predicted octanol–water partition coefficient (Wildman–Crippen LogP) is 6.96. The highest BCUT2D eigenvalue weighted by Crippen LogP contribution is 2.34. The molecule has 1 N–H and O–H groups in total. The van der Waals surface area contributed by atoms with Crippen molar-refractivity contribution >= 4 is 62.3 Å². The molecule has 3 aromatic carbocycles. The molecular formula is C31H36Cl3N3O5S. The first-order chi connectivity index (χ1) is 20.5. The average molecular weight is 669 g/mol. The van der Waals surface area contributed by atoms with Crippen LogP contribution < -0.4 is 14.4 Å². The first-order valence-electron chi connectivity index (χ1n) is 14.0. The van der Waals surface area contributed by atoms with E-state index in [0.29, 0.717) is 27.2 Å². The lowest BCUT2D eigenvalue weighted by atomic mass is 10.1. The lowest BCUT2D eigenvalue weighted by Crippen LogP contribution is -2.52.